The molecule has 1 aromatic heterocycles. The van der Waals surface area contributed by atoms with Gasteiger partial charge in [0.2, 0.25) is 5.28 Å². The molecule has 0 unspecified atom stereocenters. The second-order valence-electron chi connectivity index (χ2n) is 6.45. The van der Waals surface area contributed by atoms with E-state index in [4.69, 9.17) is 16.3 Å². The number of aromatic nitrogens is 2. The fraction of sp³-hybridized carbons (Fsp3) is 0.444. The van der Waals surface area contributed by atoms with Crippen molar-refractivity contribution in [3.05, 3.63) is 47.1 Å². The maximum atomic E-state index is 13.2. The third-order valence-electron chi connectivity index (χ3n) is 4.85. The van der Waals surface area contributed by atoms with Gasteiger partial charge in [-0.15, -0.1) is 0 Å². The first-order valence-corrected chi connectivity index (χ1v) is 9.78. The van der Waals surface area contributed by atoms with E-state index < -0.39 is 0 Å². The second kappa shape index (κ2) is 7.09. The largest absolute Gasteiger partial charge is 0.378 e. The van der Waals surface area contributed by atoms with Crippen molar-refractivity contribution in [2.45, 2.75) is 28.9 Å². The van der Waals surface area contributed by atoms with E-state index in [-0.39, 0.29) is 10.6 Å². The van der Waals surface area contributed by atoms with Crippen molar-refractivity contribution in [3.8, 4) is 0 Å². The molecule has 0 spiro atoms. The van der Waals surface area contributed by atoms with E-state index >= 15 is 0 Å². The summed E-state index contributed by atoms with van der Waals surface area (Å²) in [6, 6.07) is 8.81. The summed E-state index contributed by atoms with van der Waals surface area (Å²) in [5.74, 6) is 0.667. The van der Waals surface area contributed by atoms with Gasteiger partial charge in [-0.1, -0.05) is 0 Å². The third kappa shape index (κ3) is 3.61. The molecule has 2 aliphatic rings. The van der Waals surface area contributed by atoms with E-state index in [0.29, 0.717) is 18.5 Å². The molecule has 0 radical (unpaired) electrons. The molecule has 0 amide bonds. The Bertz CT molecular complexity index is 748. The lowest BCUT2D eigenvalue weighted by atomic mass is 9.81. The van der Waals surface area contributed by atoms with Crippen molar-refractivity contribution in [2.24, 2.45) is 0 Å². The van der Waals surface area contributed by atoms with E-state index in [1.807, 2.05) is 12.1 Å². The van der Waals surface area contributed by atoms with Crippen LogP contribution in [0.4, 0.5) is 10.2 Å². The first-order valence-electron chi connectivity index (χ1n) is 8.51. The monoisotopic (exact) mass is 380 g/mol. The number of ether oxygens (including phenoxy) is 1. The molecule has 1 aromatic carbocycles. The topological polar surface area (TPSA) is 38.2 Å². The van der Waals surface area contributed by atoms with E-state index in [1.165, 1.54) is 18.6 Å². The lowest BCUT2D eigenvalue weighted by molar-refractivity contribution is 0.122. The van der Waals surface area contributed by atoms with Gasteiger partial charge in [-0.2, -0.15) is 0 Å². The predicted octanol–water partition coefficient (Wildman–Crippen LogP) is 3.36. The Morgan fingerprint density at radius 3 is 2.48 bits per heavy atom. The lowest BCUT2D eigenvalue weighted by Crippen LogP contribution is -2.39. The maximum Gasteiger partial charge on any atom is 0.224 e. The molecule has 4 rings (SSSR count). The van der Waals surface area contributed by atoms with Crippen LogP contribution in [-0.2, 0) is 21.2 Å². The molecular formula is C18H20ClFN3OS+. The smallest absolute Gasteiger partial charge is 0.224 e. The molecular weight excluding hydrogens is 361 g/mol. The van der Waals surface area contributed by atoms with Gasteiger partial charge in [-0.3, -0.25) is 0 Å². The summed E-state index contributed by atoms with van der Waals surface area (Å²) >= 11 is 7.40. The molecule has 0 atom stereocenters. The molecule has 1 aliphatic carbocycles. The molecule has 1 saturated heterocycles. The molecule has 2 fully saturated rings. The van der Waals surface area contributed by atoms with Crippen LogP contribution in [0, 0.1) is 5.82 Å². The van der Waals surface area contributed by atoms with Crippen molar-refractivity contribution in [2.75, 3.05) is 31.2 Å². The molecule has 132 valence electrons. The zero-order valence-corrected chi connectivity index (χ0v) is 15.4. The molecule has 25 heavy (non-hydrogen) atoms. The van der Waals surface area contributed by atoms with Crippen LogP contribution in [0.2, 0.25) is 5.28 Å². The van der Waals surface area contributed by atoms with Gasteiger partial charge in [0.15, 0.2) is 9.64 Å². The number of halogens is 2. The predicted molar refractivity (Wildman–Crippen MR) is 99.0 cm³/mol. The highest BCUT2D eigenvalue weighted by molar-refractivity contribution is 7.79. The fourth-order valence-electron chi connectivity index (χ4n) is 3.30. The van der Waals surface area contributed by atoms with Gasteiger partial charge in [0.1, 0.15) is 17.3 Å². The zero-order chi connectivity index (χ0) is 17.3. The average Bonchev–Trinajstić information content (AvgIpc) is 2.60. The Morgan fingerprint density at radius 2 is 1.84 bits per heavy atom. The number of thiol groups is 1. The van der Waals surface area contributed by atoms with Crippen LogP contribution in [0.1, 0.15) is 25.0 Å². The number of benzene rings is 1. The number of hydrogen-bond acceptors (Lipinski definition) is 4. The Morgan fingerprint density at radius 1 is 1.12 bits per heavy atom. The first kappa shape index (κ1) is 17.1. The summed E-state index contributed by atoms with van der Waals surface area (Å²) in [7, 11) is 0. The minimum Gasteiger partial charge on any atom is -0.378 e. The van der Waals surface area contributed by atoms with E-state index in [2.05, 4.69) is 20.9 Å². The highest BCUT2D eigenvalue weighted by Gasteiger charge is 2.49. The van der Waals surface area contributed by atoms with Crippen molar-refractivity contribution in [3.63, 3.8) is 0 Å². The Hall–Kier alpha value is -1.37. The minimum absolute atomic E-state index is 0.0502. The highest BCUT2D eigenvalue weighted by Crippen LogP contribution is 2.47. The number of nitrogens with zero attached hydrogens (tertiary/aromatic N) is 3. The van der Waals surface area contributed by atoms with Gasteiger partial charge < -0.3 is 9.64 Å². The van der Waals surface area contributed by atoms with Crippen LogP contribution in [0.5, 0.6) is 0 Å². The molecule has 1 saturated carbocycles. The third-order valence-corrected chi connectivity index (χ3v) is 6.68. The molecule has 7 heteroatoms. The number of morpholine rings is 1. The van der Waals surface area contributed by atoms with Crippen LogP contribution in [0.15, 0.2) is 35.2 Å². The van der Waals surface area contributed by atoms with Crippen molar-refractivity contribution in [1.29, 1.82) is 0 Å². The SMILES string of the molecule is Fc1ccc([SH+]C2(c3cc(N4CCOCC4)nc(Cl)n3)CCC2)cc1. The van der Waals surface area contributed by atoms with Gasteiger partial charge in [-0.05, 0) is 42.3 Å². The van der Waals surface area contributed by atoms with Crippen molar-refractivity contribution < 1.29 is 9.13 Å². The second-order valence-corrected chi connectivity index (χ2v) is 8.39. The number of rotatable bonds is 4. The molecule has 4 nitrogen and oxygen atoms in total. The van der Waals surface area contributed by atoms with Gasteiger partial charge in [-0.25, -0.2) is 14.4 Å². The zero-order valence-electron chi connectivity index (χ0n) is 13.8. The van der Waals surface area contributed by atoms with Crippen LogP contribution in [0.25, 0.3) is 0 Å². The summed E-state index contributed by atoms with van der Waals surface area (Å²) in [5.41, 5.74) is 0.992. The fourth-order valence-corrected chi connectivity index (χ4v) is 5.04. The quantitative estimate of drug-likeness (QED) is 0.463. The summed E-state index contributed by atoms with van der Waals surface area (Å²) in [6.07, 6.45) is 3.28. The standard InChI is InChI=1S/C18H19ClFN3OS/c19-17-21-15(12-16(22-17)23-8-10-24-11-9-23)18(6-1-7-18)25-14-4-2-13(20)3-5-14/h2-5,12H,1,6-11H2/p+1. The van der Waals surface area contributed by atoms with Crippen LogP contribution in [-0.4, -0.2) is 36.3 Å². The number of anilines is 1. The van der Waals surface area contributed by atoms with E-state index in [9.17, 15) is 4.39 Å². The van der Waals surface area contributed by atoms with Gasteiger partial charge in [0.25, 0.3) is 0 Å². The average molecular weight is 381 g/mol. The normalized spacial score (nSPS) is 19.5. The van der Waals surface area contributed by atoms with Gasteiger partial charge in [0.05, 0.1) is 13.2 Å². The molecule has 0 N–H and O–H groups in total. The van der Waals surface area contributed by atoms with Crippen molar-refractivity contribution >= 4 is 29.2 Å². The Balaban J connectivity index is 1.64. The van der Waals surface area contributed by atoms with Crippen LogP contribution >= 0.6 is 11.6 Å². The lowest BCUT2D eigenvalue weighted by Gasteiger charge is -2.35. The van der Waals surface area contributed by atoms with Crippen LogP contribution in [0.3, 0.4) is 0 Å². The van der Waals surface area contributed by atoms with Gasteiger partial charge >= 0.3 is 0 Å². The van der Waals surface area contributed by atoms with Gasteiger partial charge in [0, 0.05) is 43.8 Å². The maximum absolute atomic E-state index is 13.2. The summed E-state index contributed by atoms with van der Waals surface area (Å²) in [6.45, 7) is 3.04. The van der Waals surface area contributed by atoms with Crippen molar-refractivity contribution in [1.82, 2.24) is 9.97 Å². The Labute approximate surface area is 155 Å². The molecule has 0 bridgehead atoms. The van der Waals surface area contributed by atoms with Crippen LogP contribution < -0.4 is 4.90 Å². The molecule has 1 aliphatic heterocycles. The Kier molecular flexibility index (Phi) is 4.84. The van der Waals surface area contributed by atoms with E-state index in [1.54, 1.807) is 0 Å². The highest BCUT2D eigenvalue weighted by atomic mass is 35.5. The molecule has 2 aromatic rings. The summed E-state index contributed by atoms with van der Waals surface area (Å²) in [5, 5.41) is 0.291. The van der Waals surface area contributed by atoms with E-state index in [0.717, 1.165) is 54.1 Å². The summed E-state index contributed by atoms with van der Waals surface area (Å²) in [4.78, 5) is 12.3. The number of hydrogen-bond donors (Lipinski definition) is 0. The minimum atomic E-state index is -0.207. The molecule has 2 heterocycles. The summed E-state index contributed by atoms with van der Waals surface area (Å²) < 4.78 is 18.6. The first-order chi connectivity index (χ1) is 12.1.